The fourth-order valence-electron chi connectivity index (χ4n) is 2.08. The van der Waals surface area contributed by atoms with Gasteiger partial charge < -0.3 is 5.73 Å². The maximum absolute atomic E-state index is 6.02. The zero-order valence-corrected chi connectivity index (χ0v) is 13.1. The standard InChI is InChI=1S/C17H17Cl2N2/c1-2-14-4-3-5-15(21(14)11-10-20)8-6-13-7-9-16(18)17(19)12-13/h2-9,12H,1,10-11,20H2/q+1/b8-6+. The van der Waals surface area contributed by atoms with E-state index in [4.69, 9.17) is 28.9 Å². The average Bonchev–Trinajstić information content (AvgIpc) is 2.49. The topological polar surface area (TPSA) is 29.9 Å². The summed E-state index contributed by atoms with van der Waals surface area (Å²) in [6.07, 6.45) is 5.85. The van der Waals surface area contributed by atoms with E-state index in [0.717, 1.165) is 23.5 Å². The van der Waals surface area contributed by atoms with Crippen LogP contribution >= 0.6 is 23.2 Å². The molecule has 0 atom stereocenters. The first-order chi connectivity index (χ1) is 10.2. The first-order valence-electron chi connectivity index (χ1n) is 6.64. The van der Waals surface area contributed by atoms with Crippen molar-refractivity contribution in [2.75, 3.05) is 6.54 Å². The van der Waals surface area contributed by atoms with Gasteiger partial charge in [-0.05, 0) is 29.8 Å². The van der Waals surface area contributed by atoms with Crippen molar-refractivity contribution in [1.29, 1.82) is 0 Å². The Balaban J connectivity index is 2.35. The Bertz CT molecular complexity index is 678. The summed E-state index contributed by atoms with van der Waals surface area (Å²) in [6, 6.07) is 11.6. The van der Waals surface area contributed by atoms with Gasteiger partial charge in [0.25, 0.3) is 0 Å². The van der Waals surface area contributed by atoms with Crippen LogP contribution in [0.15, 0.2) is 43.0 Å². The molecule has 1 aromatic heterocycles. The number of benzene rings is 1. The third-order valence-corrected chi connectivity index (χ3v) is 3.85. The highest BCUT2D eigenvalue weighted by molar-refractivity contribution is 6.42. The number of nitrogens with two attached hydrogens (primary N) is 1. The van der Waals surface area contributed by atoms with E-state index >= 15 is 0 Å². The van der Waals surface area contributed by atoms with Crippen molar-refractivity contribution in [1.82, 2.24) is 0 Å². The van der Waals surface area contributed by atoms with Crippen LogP contribution in [-0.4, -0.2) is 6.54 Å². The van der Waals surface area contributed by atoms with Crippen LogP contribution in [0.5, 0.6) is 0 Å². The van der Waals surface area contributed by atoms with Crippen molar-refractivity contribution in [2.24, 2.45) is 5.73 Å². The van der Waals surface area contributed by atoms with Gasteiger partial charge in [0.05, 0.1) is 16.6 Å². The summed E-state index contributed by atoms with van der Waals surface area (Å²) in [5, 5.41) is 1.11. The molecule has 1 heterocycles. The molecular formula is C17H17Cl2N2+. The van der Waals surface area contributed by atoms with Crippen molar-refractivity contribution in [3.05, 3.63) is 70.0 Å². The minimum absolute atomic E-state index is 0.550. The molecule has 0 aliphatic carbocycles. The van der Waals surface area contributed by atoms with Gasteiger partial charge in [0.1, 0.15) is 0 Å². The summed E-state index contributed by atoms with van der Waals surface area (Å²) in [4.78, 5) is 0. The lowest BCUT2D eigenvalue weighted by atomic mass is 10.2. The van der Waals surface area contributed by atoms with Crippen molar-refractivity contribution in [2.45, 2.75) is 6.54 Å². The monoisotopic (exact) mass is 319 g/mol. The maximum atomic E-state index is 6.02. The lowest BCUT2D eigenvalue weighted by molar-refractivity contribution is -0.697. The number of pyridine rings is 1. The van der Waals surface area contributed by atoms with Gasteiger partial charge in [-0.15, -0.1) is 0 Å². The fourth-order valence-corrected chi connectivity index (χ4v) is 2.39. The van der Waals surface area contributed by atoms with Crippen LogP contribution < -0.4 is 10.3 Å². The Morgan fingerprint density at radius 1 is 1.05 bits per heavy atom. The van der Waals surface area contributed by atoms with E-state index < -0.39 is 0 Å². The zero-order chi connectivity index (χ0) is 15.2. The van der Waals surface area contributed by atoms with E-state index in [-0.39, 0.29) is 0 Å². The minimum atomic E-state index is 0.550. The highest BCUT2D eigenvalue weighted by Crippen LogP contribution is 2.23. The van der Waals surface area contributed by atoms with Gasteiger partial charge in [0.15, 0.2) is 6.54 Å². The molecule has 1 aromatic carbocycles. The van der Waals surface area contributed by atoms with Crippen LogP contribution in [0.1, 0.15) is 17.0 Å². The number of nitrogens with zero attached hydrogens (tertiary/aromatic N) is 1. The molecule has 2 N–H and O–H groups in total. The zero-order valence-electron chi connectivity index (χ0n) is 11.6. The minimum Gasteiger partial charge on any atom is -0.325 e. The molecule has 2 aromatic rings. The highest BCUT2D eigenvalue weighted by Gasteiger charge is 2.11. The molecule has 0 saturated carbocycles. The van der Waals surface area contributed by atoms with Gasteiger partial charge in [0, 0.05) is 24.3 Å². The van der Waals surface area contributed by atoms with Gasteiger partial charge in [-0.3, -0.25) is 0 Å². The number of hydrogen-bond acceptors (Lipinski definition) is 1. The van der Waals surface area contributed by atoms with Gasteiger partial charge >= 0.3 is 0 Å². The lowest BCUT2D eigenvalue weighted by Crippen LogP contribution is -2.43. The lowest BCUT2D eigenvalue weighted by Gasteiger charge is -2.03. The largest absolute Gasteiger partial charge is 0.325 e. The summed E-state index contributed by atoms with van der Waals surface area (Å²) in [6.45, 7) is 5.15. The predicted molar refractivity (Wildman–Crippen MR) is 91.2 cm³/mol. The number of hydrogen-bond donors (Lipinski definition) is 1. The number of halogens is 2. The first kappa shape index (κ1) is 15.8. The van der Waals surface area contributed by atoms with E-state index in [1.165, 1.54) is 0 Å². The van der Waals surface area contributed by atoms with Crippen molar-refractivity contribution >= 4 is 41.4 Å². The van der Waals surface area contributed by atoms with Gasteiger partial charge in [0.2, 0.25) is 11.4 Å². The summed E-state index contributed by atoms with van der Waals surface area (Å²) >= 11 is 11.9. The third kappa shape index (κ3) is 3.94. The molecule has 4 heteroatoms. The number of rotatable bonds is 5. The molecule has 0 aliphatic heterocycles. The summed E-state index contributed by atoms with van der Waals surface area (Å²) in [5.74, 6) is 0. The van der Waals surface area contributed by atoms with Crippen LogP contribution in [-0.2, 0) is 6.54 Å². The van der Waals surface area contributed by atoms with Crippen LogP contribution in [0.3, 0.4) is 0 Å². The van der Waals surface area contributed by atoms with Crippen LogP contribution in [0.4, 0.5) is 0 Å². The molecular weight excluding hydrogens is 303 g/mol. The van der Waals surface area contributed by atoms with Crippen molar-refractivity contribution in [3.63, 3.8) is 0 Å². The molecule has 0 radical (unpaired) electrons. The van der Waals surface area contributed by atoms with Gasteiger partial charge in [-0.25, -0.2) is 0 Å². The molecule has 21 heavy (non-hydrogen) atoms. The van der Waals surface area contributed by atoms with Crippen LogP contribution in [0.2, 0.25) is 10.0 Å². The summed E-state index contributed by atoms with van der Waals surface area (Å²) in [7, 11) is 0. The highest BCUT2D eigenvalue weighted by atomic mass is 35.5. The second-order valence-electron chi connectivity index (χ2n) is 4.53. The molecule has 0 spiro atoms. The van der Waals surface area contributed by atoms with Gasteiger partial charge in [-0.2, -0.15) is 4.57 Å². The van der Waals surface area contributed by atoms with Crippen LogP contribution in [0.25, 0.3) is 18.2 Å². The van der Waals surface area contributed by atoms with E-state index in [1.54, 1.807) is 6.07 Å². The van der Waals surface area contributed by atoms with Crippen LogP contribution in [0, 0.1) is 0 Å². The molecule has 108 valence electrons. The fraction of sp³-hybridized carbons (Fsp3) is 0.118. The van der Waals surface area contributed by atoms with E-state index in [9.17, 15) is 0 Å². The molecule has 0 bridgehead atoms. The van der Waals surface area contributed by atoms with E-state index in [0.29, 0.717) is 16.6 Å². The molecule has 0 saturated heterocycles. The second-order valence-corrected chi connectivity index (χ2v) is 5.34. The molecule has 0 aliphatic rings. The normalized spacial score (nSPS) is 11.0. The van der Waals surface area contributed by atoms with Crippen molar-refractivity contribution in [3.8, 4) is 0 Å². The summed E-state index contributed by atoms with van der Waals surface area (Å²) in [5.41, 5.74) is 8.78. The van der Waals surface area contributed by atoms with Crippen molar-refractivity contribution < 1.29 is 4.57 Å². The smallest absolute Gasteiger partial charge is 0.205 e. The Morgan fingerprint density at radius 3 is 2.48 bits per heavy atom. The molecule has 2 nitrogen and oxygen atoms in total. The number of aromatic nitrogens is 1. The maximum Gasteiger partial charge on any atom is 0.205 e. The quantitative estimate of drug-likeness (QED) is 0.828. The second kappa shape index (κ2) is 7.41. The Labute approximate surface area is 135 Å². The molecule has 0 fully saturated rings. The Morgan fingerprint density at radius 2 is 1.81 bits per heavy atom. The Hall–Kier alpha value is -1.61. The predicted octanol–water partition coefficient (Wildman–Crippen LogP) is 4.05. The Kier molecular flexibility index (Phi) is 5.57. The average molecular weight is 320 g/mol. The third-order valence-electron chi connectivity index (χ3n) is 3.11. The molecule has 2 rings (SSSR count). The van der Waals surface area contributed by atoms with E-state index in [1.807, 2.05) is 48.6 Å². The molecule has 0 unspecified atom stereocenters. The van der Waals surface area contributed by atoms with E-state index in [2.05, 4.69) is 11.1 Å². The molecule has 0 amide bonds. The first-order valence-corrected chi connectivity index (χ1v) is 7.40. The van der Waals surface area contributed by atoms with Gasteiger partial charge in [-0.1, -0.05) is 35.8 Å². The summed E-state index contributed by atoms with van der Waals surface area (Å²) < 4.78 is 2.13. The SMILES string of the molecule is C=Cc1cccc(/C=C/c2ccc(Cl)c(Cl)c2)[n+]1CCN.